The molecule has 0 aliphatic carbocycles. The normalized spacial score (nSPS) is 10.2. The zero-order valence-electron chi connectivity index (χ0n) is 10.9. The van der Waals surface area contributed by atoms with Gasteiger partial charge in [-0.15, -0.1) is 6.58 Å². The molecule has 1 amide bonds. The lowest BCUT2D eigenvalue weighted by molar-refractivity contribution is -0.120. The molecule has 1 aromatic carbocycles. The van der Waals surface area contributed by atoms with E-state index in [1.54, 1.807) is 12.1 Å². The van der Waals surface area contributed by atoms with Crippen LogP contribution in [0.5, 0.6) is 0 Å². The maximum absolute atomic E-state index is 12.3. The van der Waals surface area contributed by atoms with Gasteiger partial charge in [-0.25, -0.2) is 12.7 Å². The van der Waals surface area contributed by atoms with E-state index < -0.39 is 15.9 Å². The molecule has 19 heavy (non-hydrogen) atoms. The minimum Gasteiger partial charge on any atom is -0.258 e. The predicted octanol–water partition coefficient (Wildman–Crippen LogP) is 1.72. The highest BCUT2D eigenvalue weighted by atomic mass is 32.2. The lowest BCUT2D eigenvalue weighted by atomic mass is 10.2. The fourth-order valence-electron chi connectivity index (χ4n) is 1.41. The van der Waals surface area contributed by atoms with Crippen molar-refractivity contribution in [1.29, 1.82) is 0 Å². The van der Waals surface area contributed by atoms with Crippen LogP contribution in [0.3, 0.4) is 0 Å². The Morgan fingerprint density at radius 2 is 1.95 bits per heavy atom. The minimum absolute atomic E-state index is 0.0613. The van der Waals surface area contributed by atoms with Gasteiger partial charge in [0.1, 0.15) is 0 Å². The molecule has 0 aliphatic heterocycles. The van der Waals surface area contributed by atoms with Crippen LogP contribution in [0.15, 0.2) is 41.8 Å². The fourth-order valence-corrected chi connectivity index (χ4v) is 2.71. The molecule has 100 valence electrons. The summed E-state index contributed by atoms with van der Waals surface area (Å²) in [4.78, 5) is 11.8. The van der Waals surface area contributed by atoms with Crippen molar-refractivity contribution in [2.75, 3.05) is 6.54 Å². The molecule has 4 nitrogen and oxygen atoms in total. The quantitative estimate of drug-likeness (QED) is 0.622. The summed E-state index contributed by atoms with van der Waals surface area (Å²) in [5.74, 6) is 3.87. The van der Waals surface area contributed by atoms with Gasteiger partial charge in [0, 0.05) is 0 Å². The van der Waals surface area contributed by atoms with E-state index in [1.807, 2.05) is 6.92 Å². The highest BCUT2D eigenvalue weighted by Gasteiger charge is 2.27. The van der Waals surface area contributed by atoms with Crippen LogP contribution in [0.25, 0.3) is 0 Å². The van der Waals surface area contributed by atoms with Gasteiger partial charge in [-0.05, 0) is 31.9 Å². The molecule has 1 rings (SSSR count). The van der Waals surface area contributed by atoms with Crippen LogP contribution in [-0.2, 0) is 14.8 Å². The number of aryl methyl sites for hydroxylation is 1. The van der Waals surface area contributed by atoms with Gasteiger partial charge in [0.05, 0.1) is 11.4 Å². The first-order valence-corrected chi connectivity index (χ1v) is 7.04. The zero-order valence-corrected chi connectivity index (χ0v) is 11.7. The van der Waals surface area contributed by atoms with Gasteiger partial charge in [0.2, 0.25) is 0 Å². The third-order valence-corrected chi connectivity index (χ3v) is 4.13. The largest absolute Gasteiger partial charge is 0.312 e. The van der Waals surface area contributed by atoms with Crippen LogP contribution >= 0.6 is 0 Å². The number of carbonyl (C=O) groups is 1. The second-order valence-electron chi connectivity index (χ2n) is 3.82. The molecule has 0 atom stereocenters. The van der Waals surface area contributed by atoms with E-state index in [2.05, 4.69) is 18.4 Å². The monoisotopic (exact) mass is 277 g/mol. The summed E-state index contributed by atoms with van der Waals surface area (Å²) in [6.45, 7) is 6.68. The highest BCUT2D eigenvalue weighted by Crippen LogP contribution is 2.16. The third kappa shape index (κ3) is 3.46. The van der Waals surface area contributed by atoms with Gasteiger partial charge in [0.15, 0.2) is 0 Å². The smallest absolute Gasteiger partial charge is 0.258 e. The fraction of sp³-hybridized carbons (Fsp3) is 0.214. The lowest BCUT2D eigenvalue weighted by Gasteiger charge is -2.18. The molecule has 0 saturated carbocycles. The average Bonchev–Trinajstić information content (AvgIpc) is 2.36. The Morgan fingerprint density at radius 1 is 1.37 bits per heavy atom. The molecule has 0 heterocycles. The van der Waals surface area contributed by atoms with Crippen molar-refractivity contribution in [2.45, 2.75) is 18.7 Å². The number of sulfonamides is 1. The van der Waals surface area contributed by atoms with Crippen molar-refractivity contribution >= 4 is 15.9 Å². The lowest BCUT2D eigenvalue weighted by Crippen LogP contribution is -2.36. The first-order valence-electron chi connectivity index (χ1n) is 5.60. The Morgan fingerprint density at radius 3 is 2.42 bits per heavy atom. The van der Waals surface area contributed by atoms with E-state index in [1.165, 1.54) is 25.1 Å². The Bertz CT molecular complexity index is 634. The third-order valence-electron chi connectivity index (χ3n) is 2.36. The summed E-state index contributed by atoms with van der Waals surface area (Å²) in [5, 5.41) is 0. The number of carbonyl (C=O) groups excluding carboxylic acids is 1. The van der Waals surface area contributed by atoms with E-state index in [9.17, 15) is 13.2 Å². The molecule has 5 heteroatoms. The van der Waals surface area contributed by atoms with Crippen molar-refractivity contribution in [3.8, 4) is 11.8 Å². The van der Waals surface area contributed by atoms with Crippen molar-refractivity contribution in [3.05, 3.63) is 42.5 Å². The minimum atomic E-state index is -3.89. The summed E-state index contributed by atoms with van der Waals surface area (Å²) >= 11 is 0. The summed E-state index contributed by atoms with van der Waals surface area (Å²) in [6.07, 6.45) is 1.35. The number of rotatable bonds is 4. The van der Waals surface area contributed by atoms with Crippen molar-refractivity contribution < 1.29 is 13.2 Å². The number of nitrogens with zero attached hydrogens (tertiary/aromatic N) is 1. The van der Waals surface area contributed by atoms with Crippen molar-refractivity contribution in [3.63, 3.8) is 0 Å². The van der Waals surface area contributed by atoms with E-state index in [0.29, 0.717) is 4.31 Å². The predicted molar refractivity (Wildman–Crippen MR) is 73.7 cm³/mol. The molecule has 0 aliphatic rings. The summed E-state index contributed by atoms with van der Waals surface area (Å²) in [5.41, 5.74) is 0.939. The number of hydrogen-bond donors (Lipinski definition) is 0. The maximum atomic E-state index is 12.3. The van der Waals surface area contributed by atoms with Crippen LogP contribution in [0.2, 0.25) is 0 Å². The second-order valence-corrected chi connectivity index (χ2v) is 5.68. The first kappa shape index (κ1) is 15.0. The maximum Gasteiger partial charge on any atom is 0.312 e. The Kier molecular flexibility index (Phi) is 4.90. The molecule has 0 N–H and O–H groups in total. The summed E-state index contributed by atoms with van der Waals surface area (Å²) in [7, 11) is -3.89. The molecular formula is C14H15NO3S. The van der Waals surface area contributed by atoms with Crippen LogP contribution in [0.4, 0.5) is 0 Å². The second kappa shape index (κ2) is 6.21. The van der Waals surface area contributed by atoms with E-state index in [-0.39, 0.29) is 11.4 Å². The van der Waals surface area contributed by atoms with E-state index in [0.717, 1.165) is 5.56 Å². The van der Waals surface area contributed by atoms with Gasteiger partial charge in [-0.2, -0.15) is 0 Å². The molecule has 0 aromatic heterocycles. The zero-order chi connectivity index (χ0) is 14.5. The molecule has 0 saturated heterocycles. The van der Waals surface area contributed by atoms with E-state index >= 15 is 0 Å². The standard InChI is InChI=1S/C14H15NO3S/c1-4-6-14(16)15(11-5-2)19(17,18)13-9-7-12(3)8-10-13/h5,7-10H,2,11H2,1,3H3. The van der Waals surface area contributed by atoms with Crippen molar-refractivity contribution in [1.82, 2.24) is 4.31 Å². The molecule has 0 spiro atoms. The molecule has 0 bridgehead atoms. The van der Waals surface area contributed by atoms with E-state index in [4.69, 9.17) is 0 Å². The van der Waals surface area contributed by atoms with Gasteiger partial charge >= 0.3 is 5.91 Å². The van der Waals surface area contributed by atoms with Gasteiger partial charge in [0.25, 0.3) is 10.0 Å². The highest BCUT2D eigenvalue weighted by molar-refractivity contribution is 7.89. The average molecular weight is 277 g/mol. The van der Waals surface area contributed by atoms with Crippen LogP contribution in [-0.4, -0.2) is 25.2 Å². The molecular weight excluding hydrogens is 262 g/mol. The van der Waals surface area contributed by atoms with Crippen LogP contribution in [0, 0.1) is 18.8 Å². The van der Waals surface area contributed by atoms with Crippen LogP contribution in [0.1, 0.15) is 12.5 Å². The van der Waals surface area contributed by atoms with Gasteiger partial charge in [-0.1, -0.05) is 29.7 Å². The first-order chi connectivity index (χ1) is 8.93. The van der Waals surface area contributed by atoms with Crippen molar-refractivity contribution in [2.24, 2.45) is 0 Å². The number of hydrogen-bond acceptors (Lipinski definition) is 3. The molecule has 1 aromatic rings. The summed E-state index contributed by atoms with van der Waals surface area (Å²) < 4.78 is 25.4. The Hall–Kier alpha value is -2.06. The Labute approximate surface area is 113 Å². The van der Waals surface area contributed by atoms with Gasteiger partial charge in [-0.3, -0.25) is 4.79 Å². The molecule has 0 fully saturated rings. The van der Waals surface area contributed by atoms with Gasteiger partial charge < -0.3 is 0 Å². The summed E-state index contributed by atoms with van der Waals surface area (Å²) in [6, 6.07) is 6.28. The number of amides is 1. The topological polar surface area (TPSA) is 54.5 Å². The van der Waals surface area contributed by atoms with Crippen LogP contribution < -0.4 is 0 Å². The molecule has 0 radical (unpaired) electrons. The molecule has 0 unspecified atom stereocenters. The number of benzene rings is 1. The Balaban J connectivity index is 3.26. The SMILES string of the molecule is C=CCN(C(=O)C#CC)S(=O)(=O)c1ccc(C)cc1.